The fraction of sp³-hybridized carbons (Fsp3) is 0.0169. The number of furan rings is 1. The minimum atomic E-state index is -0.445. The number of hydrogen-bond acceptors (Lipinski definition) is 3. The van der Waals surface area contributed by atoms with Gasteiger partial charge in [0.25, 0.3) is 0 Å². The molecule has 0 fully saturated rings. The van der Waals surface area contributed by atoms with Gasteiger partial charge in [-0.3, -0.25) is 0 Å². The molecule has 0 aliphatic heterocycles. The number of hydrogen-bond donors (Lipinski definition) is 0. The van der Waals surface area contributed by atoms with Crippen LogP contribution in [0.1, 0.15) is 21.6 Å². The topological polar surface area (TPSA) is 16.4 Å². The van der Waals surface area contributed by atoms with Crippen LogP contribution in [0, 0.1) is 0 Å². The van der Waals surface area contributed by atoms with Gasteiger partial charge in [-0.15, -0.1) is 11.3 Å². The summed E-state index contributed by atoms with van der Waals surface area (Å²) >= 11 is 1.96. The highest BCUT2D eigenvalue weighted by Gasteiger charge is 2.54. The van der Waals surface area contributed by atoms with E-state index < -0.39 is 5.41 Å². The minimum absolute atomic E-state index is 0.445. The number of para-hydroxylation sites is 2. The number of rotatable bonds is 6. The Morgan fingerprint density at radius 2 is 0.887 bits per heavy atom. The SMILES string of the molecule is c1ccc(-c2ccc(N(c3ccc4c(c3)oc3ccccc34)c3ccccc3-c3c(-c4ccccc4)sc4c3-c3ccccc3C43c4ccccc4-c4ccccc43)cc2)cc1. The molecule has 0 saturated heterocycles. The molecular weight excluding hydrogens is 771 g/mol. The molecule has 0 saturated carbocycles. The first kappa shape index (κ1) is 35.1. The minimum Gasteiger partial charge on any atom is -0.456 e. The lowest BCUT2D eigenvalue weighted by atomic mass is 9.74. The van der Waals surface area contributed by atoms with Crippen molar-refractivity contribution < 1.29 is 4.42 Å². The first-order valence-corrected chi connectivity index (χ1v) is 22.1. The summed E-state index contributed by atoms with van der Waals surface area (Å²) in [7, 11) is 0. The molecule has 0 amide bonds. The van der Waals surface area contributed by atoms with Gasteiger partial charge in [0, 0.05) is 54.7 Å². The molecule has 11 aromatic rings. The third-order valence-electron chi connectivity index (χ3n) is 13.1. The van der Waals surface area contributed by atoms with Crippen LogP contribution in [0.25, 0.3) is 76.9 Å². The molecule has 0 unspecified atom stereocenters. The second kappa shape index (κ2) is 13.7. The van der Waals surface area contributed by atoms with Gasteiger partial charge in [-0.05, 0) is 86.5 Å². The van der Waals surface area contributed by atoms with E-state index in [1.165, 1.54) is 76.5 Å². The standard InChI is InChI=1S/C59H37NOS/c1-3-17-38(18-4-1)39-31-33-41(34-32-39)60(42-35-36-46-45-23-11-16-30-53(45)61-54(46)37-42)52-29-15-10-25-48(52)55-56-47-24-9-14-28-51(47)59(58(56)62-57(55)40-19-5-2-6-20-40)49-26-12-7-21-43(49)44-22-8-13-27-50(44)59/h1-37H. The molecule has 0 N–H and O–H groups in total. The molecule has 1 spiro atoms. The molecule has 3 heteroatoms. The highest BCUT2D eigenvalue weighted by Crippen LogP contribution is 2.68. The van der Waals surface area contributed by atoms with Gasteiger partial charge < -0.3 is 9.32 Å². The van der Waals surface area contributed by atoms with E-state index in [0.29, 0.717) is 0 Å². The average Bonchev–Trinajstić information content (AvgIpc) is 4.08. The number of benzene rings is 9. The molecule has 0 atom stereocenters. The van der Waals surface area contributed by atoms with Gasteiger partial charge in [-0.2, -0.15) is 0 Å². The molecule has 0 bridgehead atoms. The quantitative estimate of drug-likeness (QED) is 0.166. The average molecular weight is 808 g/mol. The lowest BCUT2D eigenvalue weighted by Crippen LogP contribution is -2.24. The second-order valence-electron chi connectivity index (χ2n) is 16.3. The predicted octanol–water partition coefficient (Wildman–Crippen LogP) is 16.5. The largest absolute Gasteiger partial charge is 0.456 e. The normalized spacial score (nSPS) is 13.0. The van der Waals surface area contributed by atoms with Crippen molar-refractivity contribution in [3.05, 3.63) is 246 Å². The zero-order chi connectivity index (χ0) is 40.8. The molecule has 2 aliphatic carbocycles. The first-order chi connectivity index (χ1) is 30.8. The summed E-state index contributed by atoms with van der Waals surface area (Å²) in [6.45, 7) is 0. The fourth-order valence-electron chi connectivity index (χ4n) is 10.5. The van der Waals surface area contributed by atoms with Crippen molar-refractivity contribution in [1.29, 1.82) is 0 Å². The predicted molar refractivity (Wildman–Crippen MR) is 259 cm³/mol. The molecule has 0 radical (unpaired) electrons. The molecule has 2 aromatic heterocycles. The molecule has 9 aromatic carbocycles. The van der Waals surface area contributed by atoms with E-state index in [1.807, 2.05) is 17.4 Å². The highest BCUT2D eigenvalue weighted by atomic mass is 32.1. The van der Waals surface area contributed by atoms with Crippen LogP contribution >= 0.6 is 11.3 Å². The molecule has 2 aliphatic rings. The lowest BCUT2D eigenvalue weighted by molar-refractivity contribution is 0.669. The van der Waals surface area contributed by atoms with Gasteiger partial charge in [0.05, 0.1) is 11.1 Å². The summed E-state index contributed by atoms with van der Waals surface area (Å²) < 4.78 is 6.56. The molecular formula is C59H37NOS. The van der Waals surface area contributed by atoms with Crippen molar-refractivity contribution in [1.82, 2.24) is 0 Å². The molecule has 290 valence electrons. The van der Waals surface area contributed by atoms with Crippen molar-refractivity contribution in [2.24, 2.45) is 0 Å². The van der Waals surface area contributed by atoms with Crippen LogP contribution in [-0.2, 0) is 5.41 Å². The van der Waals surface area contributed by atoms with E-state index in [0.717, 1.165) is 39.0 Å². The zero-order valence-corrected chi connectivity index (χ0v) is 34.4. The van der Waals surface area contributed by atoms with Crippen molar-refractivity contribution in [2.45, 2.75) is 5.41 Å². The first-order valence-electron chi connectivity index (χ1n) is 21.3. The molecule has 62 heavy (non-hydrogen) atoms. The summed E-state index contributed by atoms with van der Waals surface area (Å²) in [6, 6.07) is 82.0. The highest BCUT2D eigenvalue weighted by molar-refractivity contribution is 7.17. The van der Waals surface area contributed by atoms with Crippen LogP contribution in [0.5, 0.6) is 0 Å². The van der Waals surface area contributed by atoms with Crippen LogP contribution in [0.15, 0.2) is 229 Å². The monoisotopic (exact) mass is 807 g/mol. The molecule has 2 heterocycles. The van der Waals surface area contributed by atoms with Crippen molar-refractivity contribution >= 4 is 50.3 Å². The summed E-state index contributed by atoms with van der Waals surface area (Å²) in [5.41, 5.74) is 19.8. The third-order valence-corrected chi connectivity index (χ3v) is 14.5. The van der Waals surface area contributed by atoms with E-state index >= 15 is 0 Å². The Labute approximate surface area is 364 Å². The third kappa shape index (κ3) is 4.97. The van der Waals surface area contributed by atoms with Gasteiger partial charge in [-0.25, -0.2) is 0 Å². The molecule has 2 nitrogen and oxygen atoms in total. The summed E-state index contributed by atoms with van der Waals surface area (Å²) in [5.74, 6) is 0. The Bertz CT molecular complexity index is 3480. The number of anilines is 3. The number of nitrogens with zero attached hydrogens (tertiary/aromatic N) is 1. The van der Waals surface area contributed by atoms with Crippen molar-refractivity contribution in [2.75, 3.05) is 4.90 Å². The van der Waals surface area contributed by atoms with Gasteiger partial charge in [0.15, 0.2) is 0 Å². The second-order valence-corrected chi connectivity index (χ2v) is 17.3. The van der Waals surface area contributed by atoms with Gasteiger partial charge in [-0.1, -0.05) is 182 Å². The van der Waals surface area contributed by atoms with E-state index in [4.69, 9.17) is 4.42 Å². The summed E-state index contributed by atoms with van der Waals surface area (Å²) in [6.07, 6.45) is 0. The van der Waals surface area contributed by atoms with Crippen LogP contribution in [0.3, 0.4) is 0 Å². The van der Waals surface area contributed by atoms with E-state index in [2.05, 4.69) is 223 Å². The summed E-state index contributed by atoms with van der Waals surface area (Å²) in [5, 5.41) is 2.23. The molecule has 13 rings (SSSR count). The lowest BCUT2D eigenvalue weighted by Gasteiger charge is -2.29. The Morgan fingerprint density at radius 1 is 0.371 bits per heavy atom. The summed E-state index contributed by atoms with van der Waals surface area (Å²) in [4.78, 5) is 5.07. The number of thiophene rings is 1. The Kier molecular flexibility index (Phi) is 7.72. The number of fused-ring (bicyclic) bond motifs is 13. The Hall–Kier alpha value is -7.72. The van der Waals surface area contributed by atoms with Gasteiger partial charge in [0.2, 0.25) is 0 Å². The Balaban J connectivity index is 1.10. The zero-order valence-electron chi connectivity index (χ0n) is 33.6. The van der Waals surface area contributed by atoms with E-state index in [1.54, 1.807) is 0 Å². The van der Waals surface area contributed by atoms with Gasteiger partial charge >= 0.3 is 0 Å². The fourth-order valence-corrected chi connectivity index (χ4v) is 12.1. The Morgan fingerprint density at radius 3 is 1.60 bits per heavy atom. The van der Waals surface area contributed by atoms with Crippen LogP contribution < -0.4 is 4.90 Å². The van der Waals surface area contributed by atoms with Crippen LogP contribution in [-0.4, -0.2) is 0 Å². The van der Waals surface area contributed by atoms with E-state index in [9.17, 15) is 0 Å². The maximum atomic E-state index is 6.56. The van der Waals surface area contributed by atoms with Crippen molar-refractivity contribution in [3.8, 4) is 54.9 Å². The van der Waals surface area contributed by atoms with Crippen LogP contribution in [0.2, 0.25) is 0 Å². The maximum absolute atomic E-state index is 6.56. The van der Waals surface area contributed by atoms with E-state index in [-0.39, 0.29) is 0 Å². The smallest absolute Gasteiger partial charge is 0.137 e. The van der Waals surface area contributed by atoms with Crippen molar-refractivity contribution in [3.63, 3.8) is 0 Å². The van der Waals surface area contributed by atoms with Gasteiger partial charge in [0.1, 0.15) is 11.2 Å². The van der Waals surface area contributed by atoms with Crippen LogP contribution in [0.4, 0.5) is 17.1 Å². The maximum Gasteiger partial charge on any atom is 0.137 e.